The predicted molar refractivity (Wildman–Crippen MR) is 67.6 cm³/mol. The number of halogens is 1. The summed E-state index contributed by atoms with van der Waals surface area (Å²) in [5.41, 5.74) is 0. The third kappa shape index (κ3) is 3.96. The van der Waals surface area contributed by atoms with Crippen LogP contribution in [0, 0.1) is 11.7 Å². The van der Waals surface area contributed by atoms with Crippen LogP contribution in [0.5, 0.6) is 5.75 Å². The smallest absolute Gasteiger partial charge is 0.244 e. The first-order valence-corrected chi connectivity index (χ1v) is 7.18. The van der Waals surface area contributed by atoms with Crippen molar-refractivity contribution >= 4 is 10.0 Å². The molecule has 0 aliphatic rings. The lowest BCUT2D eigenvalue weighted by Crippen LogP contribution is -2.26. The Hall–Kier alpha value is -1.14. The molecule has 0 spiro atoms. The zero-order valence-electron chi connectivity index (χ0n) is 10.7. The minimum absolute atomic E-state index is 0.133. The highest BCUT2D eigenvalue weighted by atomic mass is 32.2. The fraction of sp³-hybridized carbons (Fsp3) is 0.500. The molecule has 0 unspecified atom stereocenters. The van der Waals surface area contributed by atoms with Gasteiger partial charge in [-0.3, -0.25) is 0 Å². The van der Waals surface area contributed by atoms with Crippen molar-refractivity contribution in [2.45, 2.75) is 25.2 Å². The van der Waals surface area contributed by atoms with Crippen LogP contribution < -0.4 is 9.46 Å². The summed E-state index contributed by atoms with van der Waals surface area (Å²) in [4.78, 5) is -0.172. The van der Waals surface area contributed by atoms with Gasteiger partial charge in [0, 0.05) is 6.54 Å². The quantitative estimate of drug-likeness (QED) is 0.865. The highest BCUT2D eigenvalue weighted by Gasteiger charge is 2.19. The number of hydrogen-bond acceptors (Lipinski definition) is 3. The standard InChI is InChI=1S/C12H18FNO3S/c1-9(2)6-7-14-18(15,16)12-8-10(13)4-5-11(12)17-3/h4-5,8-9,14H,6-7H2,1-3H3. The van der Waals surface area contributed by atoms with Gasteiger partial charge in [0.1, 0.15) is 16.5 Å². The van der Waals surface area contributed by atoms with Gasteiger partial charge in [0.15, 0.2) is 0 Å². The fourth-order valence-corrected chi connectivity index (χ4v) is 2.65. The van der Waals surface area contributed by atoms with Crippen molar-refractivity contribution in [3.8, 4) is 5.75 Å². The van der Waals surface area contributed by atoms with E-state index in [4.69, 9.17) is 4.74 Å². The second-order valence-corrected chi connectivity index (χ2v) is 6.11. The Balaban J connectivity index is 2.93. The number of nitrogens with one attached hydrogen (secondary N) is 1. The van der Waals surface area contributed by atoms with Gasteiger partial charge in [-0.25, -0.2) is 17.5 Å². The number of hydrogen-bond donors (Lipinski definition) is 1. The van der Waals surface area contributed by atoms with Gasteiger partial charge in [-0.15, -0.1) is 0 Å². The van der Waals surface area contributed by atoms with Crippen LogP contribution >= 0.6 is 0 Å². The lowest BCUT2D eigenvalue weighted by atomic mass is 10.1. The van der Waals surface area contributed by atoms with Crippen LogP contribution in [0.25, 0.3) is 0 Å². The maximum Gasteiger partial charge on any atom is 0.244 e. The molecule has 1 rings (SSSR count). The van der Waals surface area contributed by atoms with Gasteiger partial charge in [-0.05, 0) is 30.5 Å². The molecule has 1 aromatic carbocycles. The molecule has 1 N–H and O–H groups in total. The summed E-state index contributed by atoms with van der Waals surface area (Å²) in [7, 11) is -2.39. The average Bonchev–Trinajstić information content (AvgIpc) is 2.28. The van der Waals surface area contributed by atoms with Crippen LogP contribution in [-0.4, -0.2) is 22.1 Å². The average molecular weight is 275 g/mol. The molecule has 6 heteroatoms. The van der Waals surface area contributed by atoms with E-state index in [0.717, 1.165) is 18.6 Å². The van der Waals surface area contributed by atoms with Gasteiger partial charge < -0.3 is 4.74 Å². The molecule has 0 bridgehead atoms. The molecule has 0 aliphatic heterocycles. The molecule has 0 radical (unpaired) electrons. The van der Waals surface area contributed by atoms with Crippen molar-refractivity contribution in [2.75, 3.05) is 13.7 Å². The Morgan fingerprint density at radius 3 is 2.61 bits per heavy atom. The minimum Gasteiger partial charge on any atom is -0.495 e. The number of rotatable bonds is 6. The molecule has 0 fully saturated rings. The Kier molecular flexibility index (Phi) is 5.10. The van der Waals surface area contributed by atoms with Crippen molar-refractivity contribution in [2.24, 2.45) is 5.92 Å². The largest absolute Gasteiger partial charge is 0.495 e. The Labute approximate surface area is 107 Å². The molecule has 0 atom stereocenters. The van der Waals surface area contributed by atoms with Crippen LogP contribution in [0.4, 0.5) is 4.39 Å². The van der Waals surface area contributed by atoms with Crippen LogP contribution in [0.3, 0.4) is 0 Å². The molecule has 1 aromatic rings. The molecule has 0 saturated heterocycles. The van der Waals surface area contributed by atoms with Gasteiger partial charge >= 0.3 is 0 Å². The van der Waals surface area contributed by atoms with E-state index < -0.39 is 15.8 Å². The van der Waals surface area contributed by atoms with Crippen molar-refractivity contribution in [1.82, 2.24) is 4.72 Å². The first kappa shape index (κ1) is 14.9. The summed E-state index contributed by atoms with van der Waals surface area (Å²) >= 11 is 0. The van der Waals surface area contributed by atoms with E-state index in [9.17, 15) is 12.8 Å². The first-order valence-electron chi connectivity index (χ1n) is 5.70. The Bertz CT molecular complexity index is 500. The van der Waals surface area contributed by atoms with E-state index in [1.807, 2.05) is 13.8 Å². The summed E-state index contributed by atoms with van der Waals surface area (Å²) < 4.78 is 44.5. The van der Waals surface area contributed by atoms with Crippen molar-refractivity contribution in [3.05, 3.63) is 24.0 Å². The van der Waals surface area contributed by atoms with E-state index in [2.05, 4.69) is 4.72 Å². The maximum atomic E-state index is 13.1. The molecule has 0 heterocycles. The van der Waals surface area contributed by atoms with Gasteiger partial charge in [0.05, 0.1) is 7.11 Å². The van der Waals surface area contributed by atoms with E-state index in [1.165, 1.54) is 13.2 Å². The molecule has 18 heavy (non-hydrogen) atoms. The lowest BCUT2D eigenvalue weighted by Gasteiger charge is -2.11. The van der Waals surface area contributed by atoms with E-state index in [0.29, 0.717) is 12.5 Å². The summed E-state index contributed by atoms with van der Waals surface area (Å²) in [6, 6.07) is 3.41. The molecule has 0 saturated carbocycles. The number of sulfonamides is 1. The van der Waals surface area contributed by atoms with Crippen molar-refractivity contribution in [1.29, 1.82) is 0 Å². The van der Waals surface area contributed by atoms with Crippen LogP contribution in [-0.2, 0) is 10.0 Å². The molecule has 0 aromatic heterocycles. The number of benzene rings is 1. The molecule has 102 valence electrons. The van der Waals surface area contributed by atoms with E-state index >= 15 is 0 Å². The Morgan fingerprint density at radius 1 is 1.39 bits per heavy atom. The predicted octanol–water partition coefficient (Wildman–Crippen LogP) is 2.16. The first-order chi connectivity index (χ1) is 8.36. The SMILES string of the molecule is COc1ccc(F)cc1S(=O)(=O)NCCC(C)C. The van der Waals surface area contributed by atoms with Gasteiger partial charge in [0.25, 0.3) is 0 Å². The fourth-order valence-electron chi connectivity index (χ4n) is 1.42. The number of ether oxygens (including phenoxy) is 1. The van der Waals surface area contributed by atoms with Crippen molar-refractivity contribution < 1.29 is 17.5 Å². The highest BCUT2D eigenvalue weighted by molar-refractivity contribution is 7.89. The number of methoxy groups -OCH3 is 1. The maximum absolute atomic E-state index is 13.1. The van der Waals surface area contributed by atoms with Crippen molar-refractivity contribution in [3.63, 3.8) is 0 Å². The second kappa shape index (κ2) is 6.15. The van der Waals surface area contributed by atoms with Gasteiger partial charge in [-0.1, -0.05) is 13.8 Å². The molecule has 0 amide bonds. The Morgan fingerprint density at radius 2 is 2.06 bits per heavy atom. The monoisotopic (exact) mass is 275 g/mol. The molecule has 4 nitrogen and oxygen atoms in total. The normalized spacial score (nSPS) is 11.8. The zero-order chi connectivity index (χ0) is 13.8. The minimum atomic E-state index is -3.74. The van der Waals surface area contributed by atoms with Crippen LogP contribution in [0.1, 0.15) is 20.3 Å². The van der Waals surface area contributed by atoms with Gasteiger partial charge in [0.2, 0.25) is 10.0 Å². The summed E-state index contributed by atoms with van der Waals surface area (Å²) in [6.45, 7) is 4.31. The van der Waals surface area contributed by atoms with Gasteiger partial charge in [-0.2, -0.15) is 0 Å². The van der Waals surface area contributed by atoms with E-state index in [-0.39, 0.29) is 10.6 Å². The van der Waals surface area contributed by atoms with E-state index in [1.54, 1.807) is 0 Å². The lowest BCUT2D eigenvalue weighted by molar-refractivity contribution is 0.400. The third-order valence-electron chi connectivity index (χ3n) is 2.43. The topological polar surface area (TPSA) is 55.4 Å². The molecular weight excluding hydrogens is 257 g/mol. The third-order valence-corrected chi connectivity index (χ3v) is 3.91. The summed E-state index contributed by atoms with van der Waals surface area (Å²) in [6.07, 6.45) is 0.719. The molecule has 0 aliphatic carbocycles. The second-order valence-electron chi connectivity index (χ2n) is 4.38. The molecular formula is C12H18FNO3S. The summed E-state index contributed by atoms with van der Waals surface area (Å²) in [5, 5.41) is 0. The van der Waals surface area contributed by atoms with Crippen LogP contribution in [0.2, 0.25) is 0 Å². The summed E-state index contributed by atoms with van der Waals surface area (Å²) in [5.74, 6) is -0.0874. The van der Waals surface area contributed by atoms with Crippen LogP contribution in [0.15, 0.2) is 23.1 Å². The highest BCUT2D eigenvalue weighted by Crippen LogP contribution is 2.24. The zero-order valence-corrected chi connectivity index (χ0v) is 11.6.